The molecule has 0 radical (unpaired) electrons. The number of ether oxygens (including phenoxy) is 1. The first-order valence-corrected chi connectivity index (χ1v) is 12.9. The molecule has 0 fully saturated rings. The van der Waals surface area contributed by atoms with Gasteiger partial charge in [0.05, 0.1) is 12.6 Å². The van der Waals surface area contributed by atoms with Gasteiger partial charge >= 0.3 is 12.1 Å². The van der Waals surface area contributed by atoms with E-state index in [1.165, 1.54) is 4.90 Å². The average Bonchev–Trinajstić information content (AvgIpc) is 2.50. The van der Waals surface area contributed by atoms with E-state index in [4.69, 9.17) is 20.8 Å². The van der Waals surface area contributed by atoms with Gasteiger partial charge in [0.25, 0.3) is 0 Å². The summed E-state index contributed by atoms with van der Waals surface area (Å²) in [6, 6.07) is 7.23. The number of halogens is 1. The number of carbonyl (C=O) groups excluding carboxylic acids is 1. The van der Waals surface area contributed by atoms with Crippen molar-refractivity contribution in [3.8, 4) is 0 Å². The molecule has 0 saturated heterocycles. The maximum atomic E-state index is 12.7. The van der Waals surface area contributed by atoms with E-state index in [0.717, 1.165) is 5.56 Å². The van der Waals surface area contributed by atoms with Gasteiger partial charge in [-0.2, -0.15) is 0 Å². The van der Waals surface area contributed by atoms with E-state index in [1.807, 2.05) is 12.1 Å². The van der Waals surface area contributed by atoms with Gasteiger partial charge in [-0.15, -0.1) is 0 Å². The molecule has 6 nitrogen and oxygen atoms in total. The van der Waals surface area contributed by atoms with Crippen LogP contribution in [0, 0.1) is 0 Å². The van der Waals surface area contributed by atoms with Crippen LogP contribution in [0.2, 0.25) is 23.2 Å². The highest BCUT2D eigenvalue weighted by Crippen LogP contribution is 2.40. The van der Waals surface area contributed by atoms with Gasteiger partial charge in [-0.3, -0.25) is 9.69 Å². The van der Waals surface area contributed by atoms with Gasteiger partial charge in [0, 0.05) is 5.02 Å². The zero-order chi connectivity index (χ0) is 22.6. The molecule has 1 N–H and O–H groups in total. The normalized spacial score (nSPS) is 13.7. The summed E-state index contributed by atoms with van der Waals surface area (Å²) in [4.78, 5) is 25.2. The number of carboxylic acids is 1. The minimum Gasteiger partial charge on any atom is -0.480 e. The van der Waals surface area contributed by atoms with E-state index < -0.39 is 38.6 Å². The van der Waals surface area contributed by atoms with Crippen molar-refractivity contribution in [3.63, 3.8) is 0 Å². The second-order valence-electron chi connectivity index (χ2n) is 9.68. The molecule has 0 spiro atoms. The minimum atomic E-state index is -2.23. The number of hydrogen-bond acceptors (Lipinski definition) is 4. The molecule has 1 rings (SSSR count). The summed E-state index contributed by atoms with van der Waals surface area (Å²) < 4.78 is 12.0. The topological polar surface area (TPSA) is 76.1 Å². The van der Waals surface area contributed by atoms with Gasteiger partial charge in [-0.05, 0) is 56.6 Å². The van der Waals surface area contributed by atoms with Crippen molar-refractivity contribution in [2.24, 2.45) is 0 Å². The maximum absolute atomic E-state index is 12.7. The highest BCUT2D eigenvalue weighted by molar-refractivity contribution is 6.74. The molecule has 1 aromatic rings. The molecule has 0 aliphatic rings. The molecule has 29 heavy (non-hydrogen) atoms. The van der Waals surface area contributed by atoms with Crippen molar-refractivity contribution in [2.75, 3.05) is 13.1 Å². The monoisotopic (exact) mass is 443 g/mol. The SMILES string of the molecule is CC(C)(C)OC(=O)N(CC(=O)O)CC(O[Si](C)(C)C(C)(C)C)c1cccc(Cl)c1. The van der Waals surface area contributed by atoms with Crippen LogP contribution in [0.4, 0.5) is 4.79 Å². The quantitative estimate of drug-likeness (QED) is 0.545. The summed E-state index contributed by atoms with van der Waals surface area (Å²) in [5.74, 6) is -1.12. The Morgan fingerprint density at radius 3 is 2.21 bits per heavy atom. The van der Waals surface area contributed by atoms with Gasteiger partial charge in [-0.1, -0.05) is 44.5 Å². The van der Waals surface area contributed by atoms with E-state index in [2.05, 4.69) is 33.9 Å². The Kier molecular flexibility index (Phi) is 8.33. The molecule has 0 aliphatic carbocycles. The first kappa shape index (κ1) is 25.5. The largest absolute Gasteiger partial charge is 0.480 e. The second-order valence-corrected chi connectivity index (χ2v) is 14.9. The Labute approximate surface area is 180 Å². The lowest BCUT2D eigenvalue weighted by Gasteiger charge is -2.40. The molecule has 1 aromatic carbocycles. The summed E-state index contributed by atoms with van der Waals surface area (Å²) in [5.41, 5.74) is 0.0564. The van der Waals surface area contributed by atoms with Gasteiger partial charge < -0.3 is 14.3 Å². The van der Waals surface area contributed by atoms with Crippen LogP contribution >= 0.6 is 11.6 Å². The number of rotatable bonds is 7. The van der Waals surface area contributed by atoms with Gasteiger partial charge in [0.1, 0.15) is 12.1 Å². The number of carboxylic acid groups (broad SMARTS) is 1. The predicted molar refractivity (Wildman–Crippen MR) is 118 cm³/mol. The Morgan fingerprint density at radius 1 is 1.17 bits per heavy atom. The standard InChI is InChI=1S/C21H34ClNO5Si/c1-20(2,3)27-19(26)23(14-18(24)25)13-17(15-10-9-11-16(22)12-15)28-29(7,8)21(4,5)6/h9-12,17H,13-14H2,1-8H3,(H,24,25). The van der Waals surface area contributed by atoms with Crippen LogP contribution in [-0.4, -0.2) is 49.1 Å². The number of carbonyl (C=O) groups is 2. The molecule has 0 aliphatic heterocycles. The summed E-state index contributed by atoms with van der Waals surface area (Å²) >= 11 is 6.18. The fourth-order valence-electron chi connectivity index (χ4n) is 2.34. The molecule has 0 heterocycles. The van der Waals surface area contributed by atoms with Gasteiger partial charge in [0.15, 0.2) is 8.32 Å². The van der Waals surface area contributed by atoms with E-state index in [-0.39, 0.29) is 11.6 Å². The van der Waals surface area contributed by atoms with Crippen LogP contribution in [0.25, 0.3) is 0 Å². The summed E-state index contributed by atoms with van der Waals surface area (Å²) in [6.07, 6.45) is -1.22. The maximum Gasteiger partial charge on any atom is 0.410 e. The van der Waals surface area contributed by atoms with Crippen molar-refractivity contribution in [1.29, 1.82) is 0 Å². The molecule has 0 bridgehead atoms. The molecule has 0 saturated carbocycles. The number of aliphatic carboxylic acids is 1. The number of nitrogens with zero attached hydrogens (tertiary/aromatic N) is 1. The molecule has 1 atom stereocenters. The van der Waals surface area contributed by atoms with E-state index in [1.54, 1.807) is 32.9 Å². The van der Waals surface area contributed by atoms with Crippen LogP contribution in [0.3, 0.4) is 0 Å². The van der Waals surface area contributed by atoms with Crippen molar-refractivity contribution in [2.45, 2.75) is 71.4 Å². The zero-order valence-corrected chi connectivity index (χ0v) is 20.5. The van der Waals surface area contributed by atoms with Crippen LogP contribution in [-0.2, 0) is 14.0 Å². The zero-order valence-electron chi connectivity index (χ0n) is 18.7. The third-order valence-corrected chi connectivity index (χ3v) is 9.55. The third-order valence-electron chi connectivity index (χ3n) is 4.83. The van der Waals surface area contributed by atoms with Gasteiger partial charge in [0.2, 0.25) is 0 Å². The Morgan fingerprint density at radius 2 is 1.76 bits per heavy atom. The lowest BCUT2D eigenvalue weighted by molar-refractivity contribution is -0.138. The third kappa shape index (κ3) is 8.36. The first-order valence-electron chi connectivity index (χ1n) is 9.65. The summed E-state index contributed by atoms with van der Waals surface area (Å²) in [7, 11) is -2.23. The van der Waals surface area contributed by atoms with Crippen molar-refractivity contribution < 1.29 is 23.9 Å². The lowest BCUT2D eigenvalue weighted by atomic mass is 10.1. The Balaban J connectivity index is 3.27. The lowest BCUT2D eigenvalue weighted by Crippen LogP contribution is -2.46. The summed E-state index contributed by atoms with van der Waals surface area (Å²) in [5, 5.41) is 9.81. The molecular formula is C21H34ClNO5Si. The van der Waals surface area contributed by atoms with Crippen LogP contribution < -0.4 is 0 Å². The molecular weight excluding hydrogens is 410 g/mol. The number of hydrogen-bond donors (Lipinski definition) is 1. The first-order chi connectivity index (χ1) is 13.0. The van der Waals surface area contributed by atoms with E-state index in [0.29, 0.717) is 5.02 Å². The number of benzene rings is 1. The second kappa shape index (κ2) is 9.49. The average molecular weight is 444 g/mol. The molecule has 1 unspecified atom stereocenters. The smallest absolute Gasteiger partial charge is 0.410 e. The molecule has 164 valence electrons. The van der Waals surface area contributed by atoms with Gasteiger partial charge in [-0.25, -0.2) is 4.79 Å². The molecule has 1 amide bonds. The van der Waals surface area contributed by atoms with Crippen molar-refractivity contribution in [3.05, 3.63) is 34.9 Å². The van der Waals surface area contributed by atoms with Crippen molar-refractivity contribution in [1.82, 2.24) is 4.90 Å². The predicted octanol–water partition coefficient (Wildman–Crippen LogP) is 5.72. The van der Waals surface area contributed by atoms with Crippen LogP contribution in [0.1, 0.15) is 53.2 Å². The van der Waals surface area contributed by atoms with E-state index >= 15 is 0 Å². The fraction of sp³-hybridized carbons (Fsp3) is 0.619. The van der Waals surface area contributed by atoms with Crippen LogP contribution in [0.15, 0.2) is 24.3 Å². The highest BCUT2D eigenvalue weighted by Gasteiger charge is 2.40. The Bertz CT molecular complexity index is 725. The van der Waals surface area contributed by atoms with Crippen molar-refractivity contribution >= 4 is 32.0 Å². The highest BCUT2D eigenvalue weighted by atomic mass is 35.5. The molecule has 0 aromatic heterocycles. The van der Waals surface area contributed by atoms with Crippen LogP contribution in [0.5, 0.6) is 0 Å². The Hall–Kier alpha value is -1.57. The minimum absolute atomic E-state index is 0.0497. The fourth-order valence-corrected chi connectivity index (χ4v) is 3.82. The van der Waals surface area contributed by atoms with E-state index in [9.17, 15) is 14.7 Å². The molecule has 8 heteroatoms. The number of amides is 1. The summed E-state index contributed by atoms with van der Waals surface area (Å²) in [6.45, 7) is 15.4.